The summed E-state index contributed by atoms with van der Waals surface area (Å²) in [4.78, 5) is 2.41. The largest absolute Gasteiger partial charge is 0.391 e. The second-order valence-corrected chi connectivity index (χ2v) is 5.52. The van der Waals surface area contributed by atoms with Gasteiger partial charge in [-0.15, -0.1) is 0 Å². The summed E-state index contributed by atoms with van der Waals surface area (Å²) in [6.45, 7) is 4.44. The van der Waals surface area contributed by atoms with Gasteiger partial charge in [0.1, 0.15) is 0 Å². The minimum Gasteiger partial charge on any atom is -0.391 e. The number of rotatable bonds is 6. The van der Waals surface area contributed by atoms with Gasteiger partial charge < -0.3 is 15.7 Å². The Morgan fingerprint density at radius 3 is 2.42 bits per heavy atom. The van der Waals surface area contributed by atoms with Gasteiger partial charge in [-0.3, -0.25) is 0 Å². The molecule has 3 N–H and O–H groups in total. The zero-order valence-electron chi connectivity index (χ0n) is 11.9. The lowest BCUT2D eigenvalue weighted by Gasteiger charge is -2.21. The number of hydrogen-bond acceptors (Lipinski definition) is 3. The van der Waals surface area contributed by atoms with E-state index >= 15 is 0 Å². The van der Waals surface area contributed by atoms with E-state index in [1.165, 1.54) is 18.5 Å². The zero-order valence-corrected chi connectivity index (χ0v) is 11.9. The number of aliphatic hydroxyl groups is 1. The van der Waals surface area contributed by atoms with Gasteiger partial charge in [0, 0.05) is 18.8 Å². The third-order valence-electron chi connectivity index (χ3n) is 4.02. The topological polar surface area (TPSA) is 49.5 Å². The average Bonchev–Trinajstić information content (AvgIpc) is 2.98. The third kappa shape index (κ3) is 3.71. The summed E-state index contributed by atoms with van der Waals surface area (Å²) in [5, 5.41) is 10.0. The van der Waals surface area contributed by atoms with E-state index in [4.69, 9.17) is 5.73 Å². The van der Waals surface area contributed by atoms with E-state index in [1.54, 1.807) is 0 Å². The predicted octanol–water partition coefficient (Wildman–Crippen LogP) is 2.84. The molecular weight excluding hydrogens is 236 g/mol. The lowest BCUT2D eigenvalue weighted by Crippen LogP contribution is -2.26. The normalized spacial score (nSPS) is 18.6. The number of aliphatic hydroxyl groups excluding tert-OH is 1. The third-order valence-corrected chi connectivity index (χ3v) is 4.02. The van der Waals surface area contributed by atoms with Crippen LogP contribution in [0.25, 0.3) is 0 Å². The Kier molecular flexibility index (Phi) is 5.23. The molecule has 1 aliphatic rings. The van der Waals surface area contributed by atoms with E-state index in [2.05, 4.69) is 36.1 Å². The summed E-state index contributed by atoms with van der Waals surface area (Å²) in [7, 11) is 0. The summed E-state index contributed by atoms with van der Waals surface area (Å²) in [5.41, 5.74) is 8.43. The zero-order chi connectivity index (χ0) is 13.7. The molecule has 1 aromatic carbocycles. The second kappa shape index (κ2) is 6.92. The maximum Gasteiger partial charge on any atom is 0.0732 e. The maximum atomic E-state index is 10.0. The van der Waals surface area contributed by atoms with Crippen molar-refractivity contribution < 1.29 is 5.11 Å². The molecule has 106 valence electrons. The highest BCUT2D eigenvalue weighted by Crippen LogP contribution is 2.24. The Balaban J connectivity index is 1.96. The van der Waals surface area contributed by atoms with E-state index in [0.717, 1.165) is 37.9 Å². The van der Waals surface area contributed by atoms with Crippen LogP contribution in [0.3, 0.4) is 0 Å². The molecule has 0 aliphatic carbocycles. The van der Waals surface area contributed by atoms with E-state index < -0.39 is 6.10 Å². The molecule has 0 unspecified atom stereocenters. The molecule has 1 saturated heterocycles. The molecule has 19 heavy (non-hydrogen) atoms. The quantitative estimate of drug-likeness (QED) is 0.829. The fourth-order valence-corrected chi connectivity index (χ4v) is 2.70. The van der Waals surface area contributed by atoms with Crippen molar-refractivity contribution in [1.82, 2.24) is 0 Å². The van der Waals surface area contributed by atoms with Crippen LogP contribution in [0.5, 0.6) is 0 Å². The summed E-state index contributed by atoms with van der Waals surface area (Å²) >= 11 is 0. The molecule has 0 bridgehead atoms. The smallest absolute Gasteiger partial charge is 0.0732 e. The molecule has 2 rings (SSSR count). The number of nitrogens with zero attached hydrogens (tertiary/aromatic N) is 1. The van der Waals surface area contributed by atoms with Gasteiger partial charge in [0.2, 0.25) is 0 Å². The summed E-state index contributed by atoms with van der Waals surface area (Å²) in [5.74, 6) is 0. The molecule has 2 atom stereocenters. The van der Waals surface area contributed by atoms with Crippen molar-refractivity contribution in [2.45, 2.75) is 51.2 Å². The Morgan fingerprint density at radius 1 is 1.21 bits per heavy atom. The van der Waals surface area contributed by atoms with Crippen LogP contribution in [0, 0.1) is 0 Å². The summed E-state index contributed by atoms with van der Waals surface area (Å²) < 4.78 is 0. The number of benzene rings is 1. The Morgan fingerprint density at radius 2 is 1.84 bits per heavy atom. The molecule has 1 heterocycles. The van der Waals surface area contributed by atoms with Gasteiger partial charge in [0.15, 0.2) is 0 Å². The summed E-state index contributed by atoms with van der Waals surface area (Å²) in [6.07, 6.45) is 5.05. The van der Waals surface area contributed by atoms with Crippen LogP contribution in [0.1, 0.15) is 50.6 Å². The molecule has 1 fully saturated rings. The van der Waals surface area contributed by atoms with Gasteiger partial charge in [0.05, 0.1) is 12.1 Å². The van der Waals surface area contributed by atoms with Gasteiger partial charge in [-0.1, -0.05) is 31.9 Å². The molecule has 0 spiro atoms. The fraction of sp³-hybridized carbons (Fsp3) is 0.625. The highest BCUT2D eigenvalue weighted by atomic mass is 16.3. The van der Waals surface area contributed by atoms with Gasteiger partial charge in [-0.05, 0) is 37.0 Å². The SMILES string of the molecule is CCCC[C@@H](O)[C@@H](N)c1ccc(N2CCCC2)cc1. The first-order valence-corrected chi connectivity index (χ1v) is 7.51. The first-order valence-electron chi connectivity index (χ1n) is 7.51. The van der Waals surface area contributed by atoms with Gasteiger partial charge in [0.25, 0.3) is 0 Å². The van der Waals surface area contributed by atoms with Crippen LogP contribution < -0.4 is 10.6 Å². The minimum absolute atomic E-state index is 0.265. The fourth-order valence-electron chi connectivity index (χ4n) is 2.70. The number of anilines is 1. The van der Waals surface area contributed by atoms with E-state index in [1.807, 2.05) is 0 Å². The van der Waals surface area contributed by atoms with E-state index in [-0.39, 0.29) is 6.04 Å². The highest BCUT2D eigenvalue weighted by molar-refractivity contribution is 5.48. The van der Waals surface area contributed by atoms with Crippen molar-refractivity contribution in [1.29, 1.82) is 0 Å². The Hall–Kier alpha value is -1.06. The van der Waals surface area contributed by atoms with Crippen molar-refractivity contribution >= 4 is 5.69 Å². The molecule has 0 amide bonds. The molecular formula is C16H26N2O. The summed E-state index contributed by atoms with van der Waals surface area (Å²) in [6, 6.07) is 8.13. The van der Waals surface area contributed by atoms with Gasteiger partial charge >= 0.3 is 0 Å². The van der Waals surface area contributed by atoms with Gasteiger partial charge in [-0.25, -0.2) is 0 Å². The standard InChI is InChI=1S/C16H26N2O/c1-2-3-6-15(19)16(17)13-7-9-14(10-8-13)18-11-4-5-12-18/h7-10,15-16,19H,2-6,11-12,17H2,1H3/t15-,16+/m1/s1. The number of nitrogens with two attached hydrogens (primary N) is 1. The van der Waals surface area contributed by atoms with Crippen molar-refractivity contribution in [2.75, 3.05) is 18.0 Å². The lowest BCUT2D eigenvalue weighted by molar-refractivity contribution is 0.132. The average molecular weight is 262 g/mol. The molecule has 3 heteroatoms. The maximum absolute atomic E-state index is 10.0. The number of hydrogen-bond donors (Lipinski definition) is 2. The minimum atomic E-state index is -0.433. The van der Waals surface area contributed by atoms with Crippen molar-refractivity contribution in [3.63, 3.8) is 0 Å². The monoisotopic (exact) mass is 262 g/mol. The first kappa shape index (κ1) is 14.4. The molecule has 3 nitrogen and oxygen atoms in total. The molecule has 1 aromatic rings. The van der Waals surface area contributed by atoms with Crippen molar-refractivity contribution in [2.24, 2.45) is 5.73 Å². The van der Waals surface area contributed by atoms with Crippen LogP contribution in [-0.2, 0) is 0 Å². The highest BCUT2D eigenvalue weighted by Gasteiger charge is 2.17. The Bertz CT molecular complexity index is 371. The second-order valence-electron chi connectivity index (χ2n) is 5.52. The molecule has 0 radical (unpaired) electrons. The molecule has 1 aliphatic heterocycles. The Labute approximate surface area is 116 Å². The van der Waals surface area contributed by atoms with Crippen LogP contribution in [-0.4, -0.2) is 24.3 Å². The van der Waals surface area contributed by atoms with Crippen LogP contribution in [0.4, 0.5) is 5.69 Å². The van der Waals surface area contributed by atoms with Crippen LogP contribution in [0.2, 0.25) is 0 Å². The van der Waals surface area contributed by atoms with Crippen molar-refractivity contribution in [3.05, 3.63) is 29.8 Å². The van der Waals surface area contributed by atoms with Crippen LogP contribution in [0.15, 0.2) is 24.3 Å². The van der Waals surface area contributed by atoms with Crippen LogP contribution >= 0.6 is 0 Å². The van der Waals surface area contributed by atoms with Crippen molar-refractivity contribution in [3.8, 4) is 0 Å². The lowest BCUT2D eigenvalue weighted by atomic mass is 9.98. The van der Waals surface area contributed by atoms with Gasteiger partial charge in [-0.2, -0.15) is 0 Å². The van der Waals surface area contributed by atoms with E-state index in [9.17, 15) is 5.11 Å². The molecule has 0 aromatic heterocycles. The predicted molar refractivity (Wildman–Crippen MR) is 80.3 cm³/mol. The van der Waals surface area contributed by atoms with E-state index in [0.29, 0.717) is 0 Å². The molecule has 0 saturated carbocycles. The first-order chi connectivity index (χ1) is 9.22. The number of unbranched alkanes of at least 4 members (excludes halogenated alkanes) is 1.